The number of hydrogen-bond donors (Lipinski definition) is 1. The normalized spacial score (nSPS) is 12.0. The molecule has 146 valence electrons. The molecule has 26 heavy (non-hydrogen) atoms. The van der Waals surface area contributed by atoms with Gasteiger partial charge in [0.05, 0.1) is 18.4 Å². The van der Waals surface area contributed by atoms with Gasteiger partial charge in [-0.3, -0.25) is 23.2 Å². The smallest absolute Gasteiger partial charge is 0.355 e. The Morgan fingerprint density at radius 3 is 2.35 bits per heavy atom. The number of phosphoric ester groups is 1. The fourth-order valence-electron chi connectivity index (χ4n) is 1.89. The van der Waals surface area contributed by atoms with Gasteiger partial charge in [-0.2, -0.15) is 0 Å². The monoisotopic (exact) mass is 403 g/mol. The zero-order valence-corrected chi connectivity index (χ0v) is 17.2. The number of rotatable bonds is 11. The van der Waals surface area contributed by atoms with Crippen molar-refractivity contribution in [2.24, 2.45) is 5.41 Å². The van der Waals surface area contributed by atoms with Crippen LogP contribution in [0, 0.1) is 5.41 Å². The summed E-state index contributed by atoms with van der Waals surface area (Å²) >= 11 is 1.05. The lowest BCUT2D eigenvalue weighted by Gasteiger charge is -2.23. The van der Waals surface area contributed by atoms with Gasteiger partial charge >= 0.3 is 7.82 Å². The number of carbonyl (C=O) groups excluding carboxylic acids is 2. The maximum absolute atomic E-state index is 12.3. The number of nitrogens with one attached hydrogen (secondary N) is 1. The van der Waals surface area contributed by atoms with Crippen LogP contribution >= 0.6 is 19.6 Å². The van der Waals surface area contributed by atoms with Crippen molar-refractivity contribution in [1.82, 2.24) is 5.32 Å². The van der Waals surface area contributed by atoms with Gasteiger partial charge in [-0.05, 0) is 5.56 Å². The van der Waals surface area contributed by atoms with Crippen LogP contribution in [0.25, 0.3) is 0 Å². The highest BCUT2D eigenvalue weighted by molar-refractivity contribution is 8.13. The Morgan fingerprint density at radius 2 is 1.77 bits per heavy atom. The van der Waals surface area contributed by atoms with Crippen LogP contribution < -0.4 is 5.32 Å². The van der Waals surface area contributed by atoms with E-state index < -0.39 is 13.2 Å². The second-order valence-electron chi connectivity index (χ2n) is 6.10. The zero-order chi connectivity index (χ0) is 19.6. The molecule has 0 saturated carbocycles. The third-order valence-electron chi connectivity index (χ3n) is 3.50. The van der Waals surface area contributed by atoms with Gasteiger partial charge in [-0.25, -0.2) is 4.57 Å². The van der Waals surface area contributed by atoms with E-state index in [1.807, 2.05) is 30.3 Å². The molecule has 1 N–H and O–H groups in total. The van der Waals surface area contributed by atoms with E-state index in [0.717, 1.165) is 17.3 Å². The molecule has 0 heterocycles. The Morgan fingerprint density at radius 1 is 1.15 bits per heavy atom. The van der Waals surface area contributed by atoms with Crippen LogP contribution in [0.15, 0.2) is 30.3 Å². The fraction of sp³-hybridized carbons (Fsp3) is 0.529. The van der Waals surface area contributed by atoms with Gasteiger partial charge in [0.25, 0.3) is 0 Å². The van der Waals surface area contributed by atoms with Gasteiger partial charge in [0, 0.05) is 26.5 Å². The Hall–Kier alpha value is -1.18. The molecule has 0 fully saturated rings. The van der Waals surface area contributed by atoms with E-state index in [1.165, 1.54) is 14.2 Å². The summed E-state index contributed by atoms with van der Waals surface area (Å²) in [5.41, 5.74) is 0.185. The predicted molar refractivity (Wildman–Crippen MR) is 102 cm³/mol. The topological polar surface area (TPSA) is 90.9 Å². The largest absolute Gasteiger partial charge is 0.474 e. The molecule has 0 bridgehead atoms. The summed E-state index contributed by atoms with van der Waals surface area (Å²) in [7, 11) is -1.07. The van der Waals surface area contributed by atoms with Crippen molar-refractivity contribution < 1.29 is 27.7 Å². The summed E-state index contributed by atoms with van der Waals surface area (Å²) in [6, 6.07) is 9.40. The van der Waals surface area contributed by atoms with Crippen LogP contribution in [-0.4, -0.2) is 44.1 Å². The number of thioether (sulfide) groups is 1. The summed E-state index contributed by atoms with van der Waals surface area (Å²) in [4.78, 5) is 24.3. The molecule has 0 atom stereocenters. The zero-order valence-electron chi connectivity index (χ0n) is 15.5. The summed E-state index contributed by atoms with van der Waals surface area (Å²) < 4.78 is 26.0. The van der Waals surface area contributed by atoms with E-state index in [4.69, 9.17) is 4.52 Å². The number of hydrogen-bond acceptors (Lipinski definition) is 7. The first-order valence-electron chi connectivity index (χ1n) is 8.06. The average molecular weight is 403 g/mol. The van der Waals surface area contributed by atoms with Crippen LogP contribution in [-0.2, 0) is 34.1 Å². The van der Waals surface area contributed by atoms with Gasteiger partial charge in [0.2, 0.25) is 5.91 Å². The van der Waals surface area contributed by atoms with Crippen molar-refractivity contribution in [2.75, 3.05) is 33.1 Å². The van der Waals surface area contributed by atoms with Gasteiger partial charge < -0.3 is 5.32 Å². The highest BCUT2D eigenvalue weighted by Crippen LogP contribution is 2.47. The highest BCUT2D eigenvalue weighted by Gasteiger charge is 2.29. The third-order valence-corrected chi connectivity index (χ3v) is 6.08. The van der Waals surface area contributed by atoms with Gasteiger partial charge in [0.1, 0.15) is 0 Å². The Labute approximate surface area is 158 Å². The van der Waals surface area contributed by atoms with Crippen LogP contribution in [0.5, 0.6) is 0 Å². The van der Waals surface area contributed by atoms with Crippen LogP contribution in [0.2, 0.25) is 0 Å². The van der Waals surface area contributed by atoms with Gasteiger partial charge in [-0.1, -0.05) is 55.9 Å². The van der Waals surface area contributed by atoms with Crippen molar-refractivity contribution in [3.05, 3.63) is 35.9 Å². The maximum Gasteiger partial charge on any atom is 0.474 e. The molecule has 0 radical (unpaired) electrons. The van der Waals surface area contributed by atoms with Crippen LogP contribution in [0.4, 0.5) is 0 Å². The Balaban J connectivity index is 2.35. The molecule has 0 aliphatic carbocycles. The predicted octanol–water partition coefficient (Wildman–Crippen LogP) is 3.05. The summed E-state index contributed by atoms with van der Waals surface area (Å²) in [5, 5.41) is 2.70. The number of benzene rings is 1. The van der Waals surface area contributed by atoms with E-state index in [0.29, 0.717) is 5.75 Å². The maximum atomic E-state index is 12.3. The molecule has 1 rings (SSSR count). The minimum absolute atomic E-state index is 0.0474. The molecule has 9 heteroatoms. The minimum atomic E-state index is -3.52. The van der Waals surface area contributed by atoms with Crippen molar-refractivity contribution in [3.63, 3.8) is 0 Å². The first kappa shape index (κ1) is 22.9. The molecular weight excluding hydrogens is 377 g/mol. The lowest BCUT2D eigenvalue weighted by molar-refractivity contribution is -0.122. The molecule has 1 amide bonds. The van der Waals surface area contributed by atoms with E-state index >= 15 is 0 Å². The molecule has 0 spiro atoms. The fourth-order valence-corrected chi connectivity index (χ4v) is 3.51. The molecule has 1 aromatic carbocycles. The number of phosphoric acid groups is 1. The molecular formula is C17H26NO6PS. The summed E-state index contributed by atoms with van der Waals surface area (Å²) in [6.07, 6.45) is 0.273. The van der Waals surface area contributed by atoms with Crippen LogP contribution in [0.3, 0.4) is 0 Å². The number of amides is 1. The second-order valence-corrected chi connectivity index (χ2v) is 9.06. The lowest BCUT2D eigenvalue weighted by Crippen LogP contribution is -2.38. The standard InChI is InChI=1S/C17H26NO6PS/c1-17(2,13-18-15(19)12-14-8-6-5-7-9-14)16(20)26-11-10-24-25(21,22-3)23-4/h5-9H,10-13H2,1-4H3,(H,18,19). The minimum Gasteiger partial charge on any atom is -0.355 e. The first-order valence-corrected chi connectivity index (χ1v) is 10.5. The van der Waals surface area contributed by atoms with E-state index in [-0.39, 0.29) is 30.6 Å². The molecule has 0 unspecified atom stereocenters. The second kappa shape index (κ2) is 10.8. The van der Waals surface area contributed by atoms with Gasteiger partial charge in [-0.15, -0.1) is 0 Å². The van der Waals surface area contributed by atoms with E-state index in [1.54, 1.807) is 13.8 Å². The molecule has 7 nitrogen and oxygen atoms in total. The average Bonchev–Trinajstić information content (AvgIpc) is 2.64. The molecule has 0 aliphatic rings. The van der Waals surface area contributed by atoms with Crippen molar-refractivity contribution in [1.29, 1.82) is 0 Å². The van der Waals surface area contributed by atoms with Crippen LogP contribution in [0.1, 0.15) is 19.4 Å². The Bertz CT molecular complexity index is 629. The third kappa shape index (κ3) is 8.01. The summed E-state index contributed by atoms with van der Waals surface area (Å²) in [5.74, 6) is 0.170. The van der Waals surface area contributed by atoms with E-state index in [2.05, 4.69) is 14.4 Å². The van der Waals surface area contributed by atoms with Gasteiger partial charge in [0.15, 0.2) is 5.12 Å². The molecule has 0 aliphatic heterocycles. The lowest BCUT2D eigenvalue weighted by atomic mass is 9.95. The van der Waals surface area contributed by atoms with Crippen molar-refractivity contribution in [3.8, 4) is 0 Å². The molecule has 0 aromatic heterocycles. The number of carbonyl (C=O) groups is 2. The first-order chi connectivity index (χ1) is 12.2. The summed E-state index contributed by atoms with van der Waals surface area (Å²) in [6.45, 7) is 3.81. The van der Waals surface area contributed by atoms with Crippen molar-refractivity contribution in [2.45, 2.75) is 20.3 Å². The highest BCUT2D eigenvalue weighted by atomic mass is 32.2. The van der Waals surface area contributed by atoms with Crippen molar-refractivity contribution >= 4 is 30.6 Å². The molecule has 1 aromatic rings. The van der Waals surface area contributed by atoms with E-state index in [9.17, 15) is 14.2 Å². The SMILES string of the molecule is COP(=O)(OC)OCCSC(=O)C(C)(C)CNC(=O)Cc1ccccc1. The molecule has 0 saturated heterocycles. The Kier molecular flexibility index (Phi) is 9.54. The quantitative estimate of drug-likeness (QED) is 0.448.